The summed E-state index contributed by atoms with van der Waals surface area (Å²) in [5.74, 6) is -4.98. The van der Waals surface area contributed by atoms with Crippen LogP contribution in [0.3, 0.4) is 0 Å². The number of nitrogens with one attached hydrogen (secondary N) is 1. The molecule has 3 atom stereocenters. The van der Waals surface area contributed by atoms with Crippen molar-refractivity contribution in [3.63, 3.8) is 0 Å². The second kappa shape index (κ2) is 9.64. The van der Waals surface area contributed by atoms with Crippen LogP contribution in [0.15, 0.2) is 18.2 Å². The third-order valence-corrected chi connectivity index (χ3v) is 6.41. The van der Waals surface area contributed by atoms with Gasteiger partial charge in [0.1, 0.15) is 11.9 Å². The summed E-state index contributed by atoms with van der Waals surface area (Å²) in [6.07, 6.45) is -2.24. The number of carbonyl (C=O) groups excluding carboxylic acids is 2. The quantitative estimate of drug-likeness (QED) is 0.464. The number of imide groups is 1. The van der Waals surface area contributed by atoms with E-state index < -0.39 is 53.8 Å². The number of urea groups is 1. The maximum atomic E-state index is 13.9. The molecule has 1 aliphatic carbocycles. The molecule has 1 heterocycles. The van der Waals surface area contributed by atoms with Crippen molar-refractivity contribution in [2.75, 3.05) is 0 Å². The molecular formula is C21H23ClF4N2O4. The van der Waals surface area contributed by atoms with E-state index in [1.807, 2.05) is 5.32 Å². The van der Waals surface area contributed by atoms with Crippen molar-refractivity contribution in [2.24, 2.45) is 11.8 Å². The molecule has 2 N–H and O–H groups in total. The normalized spacial score (nSPS) is 22.9. The van der Waals surface area contributed by atoms with Gasteiger partial charge in [-0.3, -0.25) is 4.79 Å². The smallest absolute Gasteiger partial charge is 0.408 e. The largest absolute Gasteiger partial charge is 0.480 e. The molecule has 0 unspecified atom stereocenters. The van der Waals surface area contributed by atoms with Gasteiger partial charge in [0, 0.05) is 5.02 Å². The number of hydrogen-bond acceptors (Lipinski definition) is 3. The molecule has 3 amide bonds. The molecule has 1 saturated carbocycles. The first-order chi connectivity index (χ1) is 15.0. The minimum absolute atomic E-state index is 0.0186. The lowest BCUT2D eigenvalue weighted by molar-refractivity contribution is -0.173. The van der Waals surface area contributed by atoms with Crippen LogP contribution in [0.25, 0.3) is 0 Å². The molecule has 2 fully saturated rings. The number of amides is 3. The van der Waals surface area contributed by atoms with Crippen LogP contribution in [0.1, 0.15) is 44.1 Å². The predicted octanol–water partition coefficient (Wildman–Crippen LogP) is 4.54. The van der Waals surface area contributed by atoms with Gasteiger partial charge in [-0.05, 0) is 55.4 Å². The van der Waals surface area contributed by atoms with Gasteiger partial charge < -0.3 is 10.4 Å². The number of aryl methyl sites for hydroxylation is 1. The lowest BCUT2D eigenvalue weighted by Gasteiger charge is -2.44. The van der Waals surface area contributed by atoms with E-state index >= 15 is 0 Å². The van der Waals surface area contributed by atoms with E-state index in [0.29, 0.717) is 17.7 Å². The van der Waals surface area contributed by atoms with Crippen LogP contribution in [-0.4, -0.2) is 46.2 Å². The summed E-state index contributed by atoms with van der Waals surface area (Å²) < 4.78 is 54.6. The maximum absolute atomic E-state index is 13.9. The van der Waals surface area contributed by atoms with Gasteiger partial charge in [0.05, 0.1) is 5.92 Å². The number of rotatable bonds is 6. The number of alkyl halides is 3. The summed E-state index contributed by atoms with van der Waals surface area (Å²) in [6, 6.07) is -1.33. The molecule has 0 radical (unpaired) electrons. The number of halogens is 5. The van der Waals surface area contributed by atoms with Gasteiger partial charge in [0.2, 0.25) is 5.91 Å². The Morgan fingerprint density at radius 1 is 1.22 bits per heavy atom. The van der Waals surface area contributed by atoms with E-state index in [2.05, 4.69) is 0 Å². The molecule has 0 spiro atoms. The Bertz CT molecular complexity index is 889. The number of carbonyl (C=O) groups is 3. The monoisotopic (exact) mass is 478 g/mol. The SMILES string of the molecule is O=C(O)[C@@H]1[C@@H](CCc2cc(Cl)ccc2F)C(=O)N1C(=O)N[C@@H](C1CCCCC1)C(F)(F)F. The lowest BCUT2D eigenvalue weighted by Crippen LogP contribution is -2.69. The number of aliphatic carboxylic acids is 1. The van der Waals surface area contributed by atoms with Crippen LogP contribution < -0.4 is 5.32 Å². The molecule has 2 aliphatic rings. The van der Waals surface area contributed by atoms with Crippen molar-refractivity contribution in [3.8, 4) is 0 Å². The first-order valence-electron chi connectivity index (χ1n) is 10.4. The fraction of sp³-hybridized carbons (Fsp3) is 0.571. The van der Waals surface area contributed by atoms with Crippen molar-refractivity contribution in [1.29, 1.82) is 0 Å². The molecule has 1 saturated heterocycles. The summed E-state index contributed by atoms with van der Waals surface area (Å²) in [4.78, 5) is 37.0. The van der Waals surface area contributed by atoms with Gasteiger partial charge in [0.25, 0.3) is 0 Å². The number of likely N-dealkylation sites (tertiary alicyclic amines) is 1. The summed E-state index contributed by atoms with van der Waals surface area (Å²) >= 11 is 5.82. The standard InChI is InChI=1S/C21H23ClF4N2O4/c22-13-7-9-15(23)12(10-13)6-8-14-16(19(30)31)28(18(14)29)20(32)27-17(21(24,25)26)11-4-2-1-3-5-11/h7,9-11,14,16-17H,1-6,8H2,(H,27,32)(H,30,31)/t14-,16+,17+/m1/s1. The van der Waals surface area contributed by atoms with E-state index in [0.717, 1.165) is 12.5 Å². The Hall–Kier alpha value is -2.36. The Balaban J connectivity index is 1.70. The molecular weight excluding hydrogens is 456 g/mol. The molecule has 11 heteroatoms. The average molecular weight is 479 g/mol. The zero-order valence-electron chi connectivity index (χ0n) is 17.0. The van der Waals surface area contributed by atoms with Gasteiger partial charge in [0.15, 0.2) is 6.04 Å². The summed E-state index contributed by atoms with van der Waals surface area (Å²) in [7, 11) is 0. The molecule has 1 aliphatic heterocycles. The highest BCUT2D eigenvalue weighted by Crippen LogP contribution is 2.36. The highest BCUT2D eigenvalue weighted by Gasteiger charge is 2.56. The average Bonchev–Trinajstić information content (AvgIpc) is 2.72. The first kappa shape index (κ1) is 24.3. The number of β-lactam (4-membered cyclic amide) rings is 1. The molecule has 0 aromatic heterocycles. The summed E-state index contributed by atoms with van der Waals surface area (Å²) in [5, 5.41) is 11.6. The Morgan fingerprint density at radius 2 is 1.88 bits per heavy atom. The van der Waals surface area contributed by atoms with Crippen LogP contribution in [0.2, 0.25) is 5.02 Å². The van der Waals surface area contributed by atoms with Crippen LogP contribution in [0.5, 0.6) is 0 Å². The van der Waals surface area contributed by atoms with Crippen molar-refractivity contribution < 1.29 is 37.1 Å². The molecule has 0 bridgehead atoms. The Kier molecular flexibility index (Phi) is 7.32. The highest BCUT2D eigenvalue weighted by atomic mass is 35.5. The number of carboxylic acids is 1. The molecule has 6 nitrogen and oxygen atoms in total. The molecule has 1 aromatic carbocycles. The van der Waals surface area contributed by atoms with E-state index in [1.165, 1.54) is 12.1 Å². The van der Waals surface area contributed by atoms with Crippen LogP contribution in [-0.2, 0) is 16.0 Å². The summed E-state index contributed by atoms with van der Waals surface area (Å²) in [6.45, 7) is 0. The molecule has 1 aromatic rings. The minimum atomic E-state index is -4.73. The zero-order valence-corrected chi connectivity index (χ0v) is 17.8. The molecule has 3 rings (SSSR count). The highest BCUT2D eigenvalue weighted by molar-refractivity contribution is 6.30. The fourth-order valence-electron chi connectivity index (χ4n) is 4.52. The minimum Gasteiger partial charge on any atom is -0.480 e. The first-order valence-corrected chi connectivity index (χ1v) is 10.8. The van der Waals surface area contributed by atoms with Gasteiger partial charge in [-0.2, -0.15) is 13.2 Å². The van der Waals surface area contributed by atoms with Crippen molar-refractivity contribution >= 4 is 29.5 Å². The van der Waals surface area contributed by atoms with Gasteiger partial charge in [-0.25, -0.2) is 18.9 Å². The topological polar surface area (TPSA) is 86.7 Å². The van der Waals surface area contributed by atoms with E-state index in [9.17, 15) is 37.1 Å². The number of hydrogen-bond donors (Lipinski definition) is 2. The maximum Gasteiger partial charge on any atom is 0.408 e. The summed E-state index contributed by atoms with van der Waals surface area (Å²) in [5.41, 5.74) is 0.173. The second-order valence-electron chi connectivity index (χ2n) is 8.24. The Labute approximate surface area is 186 Å². The lowest BCUT2D eigenvalue weighted by atomic mass is 9.82. The van der Waals surface area contributed by atoms with E-state index in [4.69, 9.17) is 11.6 Å². The number of benzene rings is 1. The fourth-order valence-corrected chi connectivity index (χ4v) is 4.72. The van der Waals surface area contributed by atoms with Crippen LogP contribution in [0.4, 0.5) is 22.4 Å². The van der Waals surface area contributed by atoms with Crippen LogP contribution >= 0.6 is 11.6 Å². The third kappa shape index (κ3) is 5.16. The molecule has 32 heavy (non-hydrogen) atoms. The van der Waals surface area contributed by atoms with Crippen LogP contribution in [0, 0.1) is 17.7 Å². The van der Waals surface area contributed by atoms with Gasteiger partial charge in [-0.15, -0.1) is 0 Å². The van der Waals surface area contributed by atoms with Gasteiger partial charge in [-0.1, -0.05) is 30.9 Å². The number of nitrogens with zero attached hydrogens (tertiary/aromatic N) is 1. The van der Waals surface area contributed by atoms with Gasteiger partial charge >= 0.3 is 18.2 Å². The Morgan fingerprint density at radius 3 is 2.47 bits per heavy atom. The number of carboxylic acid groups (broad SMARTS) is 1. The van der Waals surface area contributed by atoms with E-state index in [-0.39, 0.29) is 36.3 Å². The predicted molar refractivity (Wildman–Crippen MR) is 106 cm³/mol. The third-order valence-electron chi connectivity index (χ3n) is 6.17. The van der Waals surface area contributed by atoms with E-state index in [1.54, 1.807) is 0 Å². The van der Waals surface area contributed by atoms with Crippen molar-refractivity contribution in [2.45, 2.75) is 63.2 Å². The van der Waals surface area contributed by atoms with Crippen molar-refractivity contribution in [3.05, 3.63) is 34.6 Å². The second-order valence-corrected chi connectivity index (χ2v) is 8.68. The van der Waals surface area contributed by atoms with Crippen molar-refractivity contribution in [1.82, 2.24) is 10.2 Å². The zero-order chi connectivity index (χ0) is 23.6. The molecule has 176 valence electrons.